The average molecular weight is 241 g/mol. The Kier molecular flexibility index (Phi) is 3.83. The third-order valence-corrected chi connectivity index (χ3v) is 3.26. The Bertz CT molecular complexity index is 298. The van der Waals surface area contributed by atoms with Crippen molar-refractivity contribution in [1.82, 2.24) is 15.8 Å². The Morgan fingerprint density at radius 3 is 2.35 bits per heavy atom. The second-order valence-corrected chi connectivity index (χ2v) is 4.79. The highest BCUT2D eigenvalue weighted by molar-refractivity contribution is 5.82. The van der Waals surface area contributed by atoms with Gasteiger partial charge in [-0.1, -0.05) is 6.42 Å². The molecule has 2 aliphatic rings. The Hall–Kier alpha value is -1.30. The van der Waals surface area contributed by atoms with Gasteiger partial charge in [0.15, 0.2) is 0 Å². The lowest BCUT2D eigenvalue weighted by Gasteiger charge is -2.27. The molecule has 1 saturated carbocycles. The molecule has 2 amide bonds. The van der Waals surface area contributed by atoms with E-state index in [0.717, 1.165) is 38.8 Å². The molecule has 0 aromatic rings. The van der Waals surface area contributed by atoms with Crippen LogP contribution in [0.5, 0.6) is 0 Å². The Labute approximate surface area is 100 Å². The molecule has 96 valence electrons. The summed E-state index contributed by atoms with van der Waals surface area (Å²) >= 11 is 0. The fourth-order valence-electron chi connectivity index (χ4n) is 2.13. The normalized spacial score (nSPS) is 22.8. The standard InChI is InChI=1S/C11H19N3O3/c15-10(16)9(8-4-5-8)12-11(17)13-14-6-2-1-3-7-14/h8-9H,1-7H2,(H,15,16)(H2,12,13,17). The summed E-state index contributed by atoms with van der Waals surface area (Å²) in [4.78, 5) is 22.6. The zero-order chi connectivity index (χ0) is 12.3. The number of amides is 2. The molecular formula is C11H19N3O3. The van der Waals surface area contributed by atoms with Crippen LogP contribution in [-0.2, 0) is 4.79 Å². The summed E-state index contributed by atoms with van der Waals surface area (Å²) in [7, 11) is 0. The number of rotatable bonds is 4. The van der Waals surface area contributed by atoms with Crippen molar-refractivity contribution in [3.63, 3.8) is 0 Å². The Morgan fingerprint density at radius 2 is 1.82 bits per heavy atom. The van der Waals surface area contributed by atoms with Gasteiger partial charge in [0.25, 0.3) is 0 Å². The number of aliphatic carboxylic acids is 1. The minimum Gasteiger partial charge on any atom is -0.480 e. The highest BCUT2D eigenvalue weighted by atomic mass is 16.4. The number of nitrogens with zero attached hydrogens (tertiary/aromatic N) is 1. The van der Waals surface area contributed by atoms with E-state index >= 15 is 0 Å². The van der Waals surface area contributed by atoms with Crippen LogP contribution in [-0.4, -0.2) is 41.2 Å². The van der Waals surface area contributed by atoms with E-state index in [1.165, 1.54) is 6.42 Å². The van der Waals surface area contributed by atoms with Crippen molar-refractivity contribution >= 4 is 12.0 Å². The molecule has 0 spiro atoms. The van der Waals surface area contributed by atoms with Crippen LogP contribution in [0.1, 0.15) is 32.1 Å². The van der Waals surface area contributed by atoms with E-state index in [9.17, 15) is 9.59 Å². The fraction of sp³-hybridized carbons (Fsp3) is 0.818. The SMILES string of the molecule is O=C(NC(C(=O)O)C1CC1)NN1CCCCC1. The first-order valence-electron chi connectivity index (χ1n) is 6.22. The zero-order valence-electron chi connectivity index (χ0n) is 9.82. The third kappa shape index (κ3) is 3.59. The quantitative estimate of drug-likeness (QED) is 0.671. The molecule has 1 atom stereocenters. The van der Waals surface area contributed by atoms with Crippen molar-refractivity contribution in [2.45, 2.75) is 38.1 Å². The Balaban J connectivity index is 1.76. The van der Waals surface area contributed by atoms with Crippen molar-refractivity contribution < 1.29 is 14.7 Å². The molecule has 1 aliphatic carbocycles. The predicted octanol–water partition coefficient (Wildman–Crippen LogP) is 0.550. The van der Waals surface area contributed by atoms with Crippen LogP contribution < -0.4 is 10.7 Å². The fourth-order valence-corrected chi connectivity index (χ4v) is 2.13. The largest absolute Gasteiger partial charge is 0.480 e. The van der Waals surface area contributed by atoms with Gasteiger partial charge >= 0.3 is 12.0 Å². The second kappa shape index (κ2) is 5.35. The van der Waals surface area contributed by atoms with E-state index in [0.29, 0.717) is 0 Å². The topological polar surface area (TPSA) is 81.7 Å². The van der Waals surface area contributed by atoms with E-state index < -0.39 is 18.0 Å². The lowest BCUT2D eigenvalue weighted by atomic mass is 10.2. The molecule has 0 radical (unpaired) electrons. The summed E-state index contributed by atoms with van der Waals surface area (Å²) in [5.41, 5.74) is 2.71. The van der Waals surface area contributed by atoms with Gasteiger partial charge in [-0.25, -0.2) is 14.6 Å². The van der Waals surface area contributed by atoms with Gasteiger partial charge in [-0.15, -0.1) is 0 Å². The maximum atomic E-state index is 11.6. The van der Waals surface area contributed by atoms with E-state index in [1.54, 1.807) is 0 Å². The number of hydrogen-bond acceptors (Lipinski definition) is 3. The van der Waals surface area contributed by atoms with Crippen LogP contribution in [0.15, 0.2) is 0 Å². The van der Waals surface area contributed by atoms with Gasteiger partial charge in [0.1, 0.15) is 6.04 Å². The van der Waals surface area contributed by atoms with Gasteiger partial charge in [0.2, 0.25) is 0 Å². The van der Waals surface area contributed by atoms with Crippen molar-refractivity contribution in [3.8, 4) is 0 Å². The van der Waals surface area contributed by atoms with Crippen LogP contribution in [0, 0.1) is 5.92 Å². The molecule has 17 heavy (non-hydrogen) atoms. The molecule has 2 fully saturated rings. The van der Waals surface area contributed by atoms with Gasteiger partial charge in [-0.05, 0) is 31.6 Å². The van der Waals surface area contributed by atoms with Gasteiger partial charge in [-0.3, -0.25) is 5.43 Å². The van der Waals surface area contributed by atoms with E-state index in [2.05, 4.69) is 10.7 Å². The van der Waals surface area contributed by atoms with Gasteiger partial charge < -0.3 is 10.4 Å². The van der Waals surface area contributed by atoms with E-state index in [-0.39, 0.29) is 5.92 Å². The van der Waals surface area contributed by atoms with E-state index in [1.807, 2.05) is 5.01 Å². The molecule has 2 rings (SSSR count). The number of hydrogen-bond donors (Lipinski definition) is 3. The van der Waals surface area contributed by atoms with Crippen molar-refractivity contribution in [3.05, 3.63) is 0 Å². The summed E-state index contributed by atoms with van der Waals surface area (Å²) in [5.74, 6) is -0.832. The number of hydrazine groups is 1. The maximum absolute atomic E-state index is 11.6. The minimum absolute atomic E-state index is 0.111. The first-order valence-corrected chi connectivity index (χ1v) is 6.22. The molecule has 1 unspecified atom stereocenters. The molecule has 1 aliphatic heterocycles. The molecular weight excluding hydrogens is 222 g/mol. The monoisotopic (exact) mass is 241 g/mol. The first kappa shape index (κ1) is 12.2. The highest BCUT2D eigenvalue weighted by Crippen LogP contribution is 2.32. The maximum Gasteiger partial charge on any atom is 0.330 e. The van der Waals surface area contributed by atoms with Crippen LogP contribution in [0.4, 0.5) is 4.79 Å². The number of carbonyl (C=O) groups excluding carboxylic acids is 1. The summed E-state index contributed by atoms with van der Waals surface area (Å²) in [6.07, 6.45) is 5.12. The third-order valence-electron chi connectivity index (χ3n) is 3.26. The molecule has 1 heterocycles. The second-order valence-electron chi connectivity index (χ2n) is 4.79. The average Bonchev–Trinajstić information content (AvgIpc) is 3.11. The van der Waals surface area contributed by atoms with Gasteiger partial charge in [0, 0.05) is 13.1 Å². The van der Waals surface area contributed by atoms with Crippen molar-refractivity contribution in [2.24, 2.45) is 5.92 Å². The molecule has 0 aromatic carbocycles. The van der Waals surface area contributed by atoms with Gasteiger partial charge in [-0.2, -0.15) is 0 Å². The first-order chi connectivity index (χ1) is 8.16. The predicted molar refractivity (Wildman–Crippen MR) is 61.2 cm³/mol. The number of carboxylic acids is 1. The summed E-state index contributed by atoms with van der Waals surface area (Å²) in [5, 5.41) is 13.4. The summed E-state index contributed by atoms with van der Waals surface area (Å²) < 4.78 is 0. The van der Waals surface area contributed by atoms with Gasteiger partial charge in [0.05, 0.1) is 0 Å². The van der Waals surface area contributed by atoms with E-state index in [4.69, 9.17) is 5.11 Å². The van der Waals surface area contributed by atoms with Crippen LogP contribution in [0.3, 0.4) is 0 Å². The van der Waals surface area contributed by atoms with Crippen LogP contribution in [0.25, 0.3) is 0 Å². The lowest BCUT2D eigenvalue weighted by Crippen LogP contribution is -2.53. The van der Waals surface area contributed by atoms with Crippen molar-refractivity contribution in [1.29, 1.82) is 0 Å². The highest BCUT2D eigenvalue weighted by Gasteiger charge is 2.37. The van der Waals surface area contributed by atoms with Crippen LogP contribution >= 0.6 is 0 Å². The molecule has 6 nitrogen and oxygen atoms in total. The number of piperidine rings is 1. The Morgan fingerprint density at radius 1 is 1.18 bits per heavy atom. The molecule has 0 bridgehead atoms. The number of carbonyl (C=O) groups is 2. The molecule has 0 aromatic heterocycles. The summed E-state index contributed by atoms with van der Waals surface area (Å²) in [6.45, 7) is 1.68. The smallest absolute Gasteiger partial charge is 0.330 e. The summed E-state index contributed by atoms with van der Waals surface area (Å²) in [6, 6.07) is -1.13. The minimum atomic E-state index is -0.943. The number of carboxylic acid groups (broad SMARTS) is 1. The molecule has 6 heteroatoms. The number of nitrogens with one attached hydrogen (secondary N) is 2. The van der Waals surface area contributed by atoms with Crippen molar-refractivity contribution in [2.75, 3.05) is 13.1 Å². The molecule has 1 saturated heterocycles. The zero-order valence-corrected chi connectivity index (χ0v) is 9.82. The molecule has 3 N–H and O–H groups in total. The van der Waals surface area contributed by atoms with Crippen LogP contribution in [0.2, 0.25) is 0 Å². The lowest BCUT2D eigenvalue weighted by molar-refractivity contribution is -0.139. The number of urea groups is 1.